The summed E-state index contributed by atoms with van der Waals surface area (Å²) in [6.07, 6.45) is 0.636. The Kier molecular flexibility index (Phi) is 4.10. The molecule has 0 aromatic carbocycles. The van der Waals surface area contributed by atoms with Crippen molar-refractivity contribution in [2.45, 2.75) is 40.0 Å². The lowest BCUT2D eigenvalue weighted by molar-refractivity contribution is -0.126. The maximum Gasteiger partial charge on any atom is 0.263 e. The molecular weight excluding hydrogens is 196 g/mol. The van der Waals surface area contributed by atoms with Crippen molar-refractivity contribution in [3.8, 4) is 0 Å². The fourth-order valence-electron chi connectivity index (χ4n) is 2.52. The van der Waals surface area contributed by atoms with Gasteiger partial charge in [-0.3, -0.25) is 4.90 Å². The third-order valence-corrected chi connectivity index (χ3v) is 3.16. The summed E-state index contributed by atoms with van der Waals surface area (Å²) in [5.41, 5.74) is 0. The van der Waals surface area contributed by atoms with Crippen LogP contribution >= 0.6 is 0 Å². The van der Waals surface area contributed by atoms with Gasteiger partial charge in [0.15, 0.2) is 0 Å². The first-order chi connectivity index (χ1) is 6.83. The van der Waals surface area contributed by atoms with E-state index in [2.05, 4.69) is 13.8 Å². The molecule has 0 radical (unpaired) electrons. The Balaban J connectivity index is 2.56. The molecule has 15 heavy (non-hydrogen) atoms. The van der Waals surface area contributed by atoms with E-state index >= 15 is 0 Å². The Morgan fingerprint density at radius 2 is 1.87 bits per heavy atom. The van der Waals surface area contributed by atoms with Gasteiger partial charge in [-0.15, -0.1) is 0 Å². The van der Waals surface area contributed by atoms with Crippen molar-refractivity contribution in [1.82, 2.24) is 4.90 Å². The lowest BCUT2D eigenvalue weighted by atomic mass is 9.83. The van der Waals surface area contributed by atoms with Gasteiger partial charge in [0.2, 0.25) is 0 Å². The number of halogens is 2. The maximum atomic E-state index is 13.8. The Morgan fingerprint density at radius 1 is 1.27 bits per heavy atom. The molecule has 0 N–H and O–H groups in total. The summed E-state index contributed by atoms with van der Waals surface area (Å²) in [5, 5.41) is 0. The Hall–Kier alpha value is -0.180. The van der Waals surface area contributed by atoms with Gasteiger partial charge in [0.1, 0.15) is 0 Å². The average Bonchev–Trinajstić information content (AvgIpc) is 1.99. The van der Waals surface area contributed by atoms with E-state index in [1.54, 1.807) is 0 Å². The molecule has 0 bridgehead atoms. The van der Waals surface area contributed by atoms with E-state index in [0.717, 1.165) is 13.1 Å². The first-order valence-electron chi connectivity index (χ1n) is 5.93. The highest BCUT2D eigenvalue weighted by Crippen LogP contribution is 2.37. The second-order valence-corrected chi connectivity index (χ2v) is 5.53. The molecule has 0 saturated carbocycles. The molecule has 1 heterocycles. The summed E-state index contributed by atoms with van der Waals surface area (Å²) < 4.78 is 27.6. The molecule has 1 nitrogen and oxygen atoms in total. The van der Waals surface area contributed by atoms with Gasteiger partial charge in [0, 0.05) is 12.5 Å². The summed E-state index contributed by atoms with van der Waals surface area (Å²) in [6, 6.07) is 0. The molecule has 0 aromatic heterocycles. The largest absolute Gasteiger partial charge is 0.297 e. The van der Waals surface area contributed by atoms with Crippen LogP contribution in [0.2, 0.25) is 0 Å². The Labute approximate surface area is 91.8 Å². The summed E-state index contributed by atoms with van der Waals surface area (Å²) in [7, 11) is 0. The molecule has 0 aromatic rings. The van der Waals surface area contributed by atoms with Gasteiger partial charge in [0.25, 0.3) is 5.92 Å². The fourth-order valence-corrected chi connectivity index (χ4v) is 2.52. The van der Waals surface area contributed by atoms with Crippen LogP contribution in [0.15, 0.2) is 0 Å². The van der Waals surface area contributed by atoms with E-state index in [4.69, 9.17) is 0 Å². The van der Waals surface area contributed by atoms with Crippen LogP contribution in [-0.2, 0) is 0 Å². The molecule has 1 atom stereocenters. The molecule has 1 saturated heterocycles. The average molecular weight is 219 g/mol. The van der Waals surface area contributed by atoms with Crippen molar-refractivity contribution in [3.63, 3.8) is 0 Å². The van der Waals surface area contributed by atoms with E-state index in [0.29, 0.717) is 12.3 Å². The normalized spacial score (nSPS) is 27.6. The summed E-state index contributed by atoms with van der Waals surface area (Å²) >= 11 is 0. The molecule has 1 rings (SSSR count). The van der Waals surface area contributed by atoms with Gasteiger partial charge >= 0.3 is 0 Å². The van der Waals surface area contributed by atoms with Crippen molar-refractivity contribution >= 4 is 0 Å². The summed E-state index contributed by atoms with van der Waals surface area (Å²) in [6.45, 7) is 9.53. The van der Waals surface area contributed by atoms with Crippen LogP contribution in [0, 0.1) is 17.8 Å². The highest BCUT2D eigenvalue weighted by molar-refractivity contribution is 4.88. The molecule has 1 aliphatic heterocycles. The van der Waals surface area contributed by atoms with Crippen molar-refractivity contribution in [1.29, 1.82) is 0 Å². The minimum absolute atomic E-state index is 0.0476. The fraction of sp³-hybridized carbons (Fsp3) is 1.00. The van der Waals surface area contributed by atoms with Crippen LogP contribution < -0.4 is 0 Å². The predicted octanol–water partition coefficient (Wildman–Crippen LogP) is 3.26. The van der Waals surface area contributed by atoms with Crippen molar-refractivity contribution in [2.75, 3.05) is 19.6 Å². The van der Waals surface area contributed by atoms with Gasteiger partial charge in [0.05, 0.1) is 6.54 Å². The first kappa shape index (κ1) is 12.9. The first-order valence-corrected chi connectivity index (χ1v) is 5.93. The van der Waals surface area contributed by atoms with Crippen LogP contribution in [0.5, 0.6) is 0 Å². The number of piperidine rings is 1. The van der Waals surface area contributed by atoms with Crippen LogP contribution in [-0.4, -0.2) is 30.5 Å². The number of nitrogens with zero attached hydrogens (tertiary/aromatic N) is 1. The predicted molar refractivity (Wildman–Crippen MR) is 59.2 cm³/mol. The maximum absolute atomic E-state index is 13.8. The number of likely N-dealkylation sites (tertiary alicyclic amines) is 1. The van der Waals surface area contributed by atoms with E-state index < -0.39 is 11.8 Å². The van der Waals surface area contributed by atoms with Gasteiger partial charge in [-0.2, -0.15) is 0 Å². The van der Waals surface area contributed by atoms with E-state index in [1.807, 2.05) is 18.7 Å². The third-order valence-electron chi connectivity index (χ3n) is 3.16. The molecule has 3 heteroatoms. The third kappa shape index (κ3) is 3.40. The minimum atomic E-state index is -2.50. The zero-order chi connectivity index (χ0) is 11.6. The quantitative estimate of drug-likeness (QED) is 0.704. The smallest absolute Gasteiger partial charge is 0.263 e. The Morgan fingerprint density at radius 3 is 2.27 bits per heavy atom. The Bertz CT molecular complexity index is 202. The number of alkyl halides is 2. The van der Waals surface area contributed by atoms with Crippen LogP contribution in [0.25, 0.3) is 0 Å². The van der Waals surface area contributed by atoms with Crippen molar-refractivity contribution < 1.29 is 8.78 Å². The van der Waals surface area contributed by atoms with Gasteiger partial charge in [-0.05, 0) is 24.8 Å². The SMILES string of the molecule is CC(C)CN1CCC(C(C)C)C(F)(F)C1. The molecular formula is C12H23F2N. The topological polar surface area (TPSA) is 3.24 Å². The van der Waals surface area contributed by atoms with Crippen molar-refractivity contribution in [2.24, 2.45) is 17.8 Å². The molecule has 1 fully saturated rings. The van der Waals surface area contributed by atoms with E-state index in [1.165, 1.54) is 0 Å². The zero-order valence-electron chi connectivity index (χ0n) is 10.3. The molecule has 0 amide bonds. The minimum Gasteiger partial charge on any atom is -0.297 e. The van der Waals surface area contributed by atoms with E-state index in [9.17, 15) is 8.78 Å². The van der Waals surface area contributed by atoms with Gasteiger partial charge in [-0.1, -0.05) is 27.7 Å². The molecule has 90 valence electrons. The lowest BCUT2D eigenvalue weighted by Crippen LogP contribution is -2.50. The van der Waals surface area contributed by atoms with E-state index in [-0.39, 0.29) is 12.5 Å². The summed E-state index contributed by atoms with van der Waals surface area (Å²) in [4.78, 5) is 1.91. The molecule has 0 aliphatic carbocycles. The molecule has 1 aliphatic rings. The van der Waals surface area contributed by atoms with Crippen LogP contribution in [0.4, 0.5) is 8.78 Å². The standard InChI is InChI=1S/C12H23F2N/c1-9(2)7-15-6-5-11(10(3)4)12(13,14)8-15/h9-11H,5-8H2,1-4H3. The zero-order valence-corrected chi connectivity index (χ0v) is 10.3. The highest BCUT2D eigenvalue weighted by Gasteiger charge is 2.45. The second-order valence-electron chi connectivity index (χ2n) is 5.53. The number of rotatable bonds is 3. The van der Waals surface area contributed by atoms with Gasteiger partial charge < -0.3 is 0 Å². The molecule has 0 spiro atoms. The molecule has 1 unspecified atom stereocenters. The summed E-state index contributed by atoms with van der Waals surface area (Å²) in [5.74, 6) is -2.38. The van der Waals surface area contributed by atoms with Crippen LogP contribution in [0.3, 0.4) is 0 Å². The van der Waals surface area contributed by atoms with Crippen molar-refractivity contribution in [3.05, 3.63) is 0 Å². The van der Waals surface area contributed by atoms with Gasteiger partial charge in [-0.25, -0.2) is 8.78 Å². The lowest BCUT2D eigenvalue weighted by Gasteiger charge is -2.40. The van der Waals surface area contributed by atoms with Crippen LogP contribution in [0.1, 0.15) is 34.1 Å². The second kappa shape index (κ2) is 4.77. The monoisotopic (exact) mass is 219 g/mol. The number of hydrogen-bond acceptors (Lipinski definition) is 1. The number of hydrogen-bond donors (Lipinski definition) is 0. The highest BCUT2D eigenvalue weighted by atomic mass is 19.3.